The second-order valence-electron chi connectivity index (χ2n) is 9.51. The van der Waals surface area contributed by atoms with Crippen LogP contribution in [0.4, 0.5) is 11.4 Å². The van der Waals surface area contributed by atoms with Gasteiger partial charge in [-0.25, -0.2) is 0 Å². The van der Waals surface area contributed by atoms with Gasteiger partial charge in [-0.3, -0.25) is 9.59 Å². The summed E-state index contributed by atoms with van der Waals surface area (Å²) < 4.78 is 16.4. The van der Waals surface area contributed by atoms with Crippen LogP contribution >= 0.6 is 11.6 Å². The molecule has 206 valence electrons. The number of amides is 2. The van der Waals surface area contributed by atoms with Gasteiger partial charge in [0.25, 0.3) is 11.8 Å². The molecule has 0 bridgehead atoms. The summed E-state index contributed by atoms with van der Waals surface area (Å²) in [5.74, 6) is 1.56. The number of nitrogens with one attached hydrogen (secondary N) is 1. The first-order chi connectivity index (χ1) is 19.3. The van der Waals surface area contributed by atoms with Crippen LogP contribution in [-0.4, -0.2) is 57.1 Å². The van der Waals surface area contributed by atoms with Gasteiger partial charge in [-0.1, -0.05) is 23.7 Å². The number of nitrogens with zero attached hydrogens (tertiary/aromatic N) is 2. The number of aryl methyl sites for hydroxylation is 1. The lowest BCUT2D eigenvalue weighted by Crippen LogP contribution is -2.48. The van der Waals surface area contributed by atoms with Crippen molar-refractivity contribution in [1.29, 1.82) is 0 Å². The molecule has 4 aromatic rings. The molecule has 0 saturated carbocycles. The van der Waals surface area contributed by atoms with Crippen LogP contribution in [0, 0.1) is 6.92 Å². The van der Waals surface area contributed by atoms with Gasteiger partial charge in [-0.15, -0.1) is 0 Å². The summed E-state index contributed by atoms with van der Waals surface area (Å²) in [5, 5.41) is 3.53. The topological polar surface area (TPSA) is 84.3 Å². The van der Waals surface area contributed by atoms with E-state index in [9.17, 15) is 9.59 Å². The lowest BCUT2D eigenvalue weighted by molar-refractivity contribution is 0.0746. The first-order valence-electron chi connectivity index (χ1n) is 12.9. The van der Waals surface area contributed by atoms with E-state index in [1.807, 2.05) is 54.3 Å². The molecule has 0 atom stereocenters. The van der Waals surface area contributed by atoms with E-state index in [1.165, 1.54) is 0 Å². The second kappa shape index (κ2) is 11.8. The van der Waals surface area contributed by atoms with Crippen molar-refractivity contribution in [2.45, 2.75) is 6.92 Å². The van der Waals surface area contributed by atoms with E-state index >= 15 is 0 Å². The van der Waals surface area contributed by atoms with E-state index in [-0.39, 0.29) is 17.6 Å². The third-order valence-electron chi connectivity index (χ3n) is 6.94. The highest BCUT2D eigenvalue weighted by atomic mass is 35.5. The van der Waals surface area contributed by atoms with Crippen molar-refractivity contribution >= 4 is 34.8 Å². The van der Waals surface area contributed by atoms with Gasteiger partial charge in [0.2, 0.25) is 0 Å². The Morgan fingerprint density at radius 1 is 0.850 bits per heavy atom. The number of furan rings is 1. The maximum Gasteiger partial charge on any atom is 0.291 e. The lowest BCUT2D eigenvalue weighted by Gasteiger charge is -2.36. The number of hydrogen-bond donors (Lipinski definition) is 1. The number of carbonyl (C=O) groups excluding carboxylic acids is 2. The molecule has 40 heavy (non-hydrogen) atoms. The first-order valence-corrected chi connectivity index (χ1v) is 13.3. The van der Waals surface area contributed by atoms with Crippen molar-refractivity contribution < 1.29 is 23.5 Å². The highest BCUT2D eigenvalue weighted by molar-refractivity contribution is 6.31. The number of hydrogen-bond acceptors (Lipinski definition) is 6. The normalized spacial score (nSPS) is 13.2. The molecular weight excluding hydrogens is 530 g/mol. The fraction of sp³-hybridized carbons (Fsp3) is 0.226. The standard InChI is InChI=1S/C31H30ClN3O5/c1-20-4-5-21(18-27(20)32)28-10-11-29(40-28)30(36)33-23-6-8-24(9-7-23)34-12-14-35(15-13-34)31(37)22-16-25(38-2)19-26(17-22)39-3/h4-11,16-19H,12-15H2,1-3H3,(H,33,36). The SMILES string of the molecule is COc1cc(OC)cc(C(=O)N2CCN(c3ccc(NC(=O)c4ccc(-c5ccc(C)c(Cl)c5)o4)cc3)CC2)c1. The number of methoxy groups -OCH3 is 2. The maximum atomic E-state index is 13.1. The smallest absolute Gasteiger partial charge is 0.291 e. The number of anilines is 2. The predicted octanol–water partition coefficient (Wildman–Crippen LogP) is 6.14. The molecule has 2 amide bonds. The zero-order valence-electron chi connectivity index (χ0n) is 22.6. The lowest BCUT2D eigenvalue weighted by atomic mass is 10.1. The van der Waals surface area contributed by atoms with E-state index in [0.717, 1.165) is 16.8 Å². The number of carbonyl (C=O) groups is 2. The Bertz CT molecular complexity index is 1500. The first kappa shape index (κ1) is 27.1. The van der Waals surface area contributed by atoms with Gasteiger partial charge in [-0.2, -0.15) is 0 Å². The molecule has 1 aromatic heterocycles. The largest absolute Gasteiger partial charge is 0.497 e. The van der Waals surface area contributed by atoms with Crippen LogP contribution in [0.1, 0.15) is 26.5 Å². The van der Waals surface area contributed by atoms with E-state index in [2.05, 4.69) is 10.2 Å². The van der Waals surface area contributed by atoms with Crippen LogP contribution in [0.15, 0.2) is 77.2 Å². The molecule has 8 nitrogen and oxygen atoms in total. The third kappa shape index (κ3) is 5.92. The molecule has 0 spiro atoms. The molecule has 0 aliphatic carbocycles. The maximum absolute atomic E-state index is 13.1. The van der Waals surface area contributed by atoms with Gasteiger partial charge in [0.05, 0.1) is 14.2 Å². The summed E-state index contributed by atoms with van der Waals surface area (Å²) in [5.41, 5.74) is 4.00. The zero-order chi connectivity index (χ0) is 28.2. The highest BCUT2D eigenvalue weighted by Gasteiger charge is 2.23. The van der Waals surface area contributed by atoms with Gasteiger partial charge in [0.1, 0.15) is 17.3 Å². The molecule has 3 aromatic carbocycles. The fourth-order valence-electron chi connectivity index (χ4n) is 4.59. The van der Waals surface area contributed by atoms with Crippen molar-refractivity contribution in [2.24, 2.45) is 0 Å². The average molecular weight is 560 g/mol. The number of halogens is 1. The number of ether oxygens (including phenoxy) is 2. The molecule has 1 aliphatic heterocycles. The van der Waals surface area contributed by atoms with Crippen LogP contribution in [-0.2, 0) is 0 Å². The van der Waals surface area contributed by atoms with Crippen molar-refractivity contribution in [1.82, 2.24) is 4.90 Å². The number of rotatable bonds is 7. The molecule has 2 heterocycles. The second-order valence-corrected chi connectivity index (χ2v) is 9.92. The minimum Gasteiger partial charge on any atom is -0.497 e. The monoisotopic (exact) mass is 559 g/mol. The Balaban J connectivity index is 1.17. The quantitative estimate of drug-likeness (QED) is 0.293. The van der Waals surface area contributed by atoms with E-state index < -0.39 is 0 Å². The molecule has 1 saturated heterocycles. The van der Waals surface area contributed by atoms with Crippen LogP contribution in [0.25, 0.3) is 11.3 Å². The Kier molecular flexibility index (Phi) is 7.98. The zero-order valence-corrected chi connectivity index (χ0v) is 23.3. The van der Waals surface area contributed by atoms with Gasteiger partial charge >= 0.3 is 0 Å². The Hall–Kier alpha value is -4.43. The molecule has 0 radical (unpaired) electrons. The van der Waals surface area contributed by atoms with Crippen LogP contribution in [0.2, 0.25) is 5.02 Å². The van der Waals surface area contributed by atoms with Crippen molar-refractivity contribution in [2.75, 3.05) is 50.6 Å². The van der Waals surface area contributed by atoms with Gasteiger partial charge in [0.15, 0.2) is 5.76 Å². The number of piperazine rings is 1. The molecule has 1 fully saturated rings. The van der Waals surface area contributed by atoms with Crippen molar-refractivity contribution in [3.63, 3.8) is 0 Å². The van der Waals surface area contributed by atoms with E-state index in [0.29, 0.717) is 59.7 Å². The molecule has 0 unspecified atom stereocenters. The minimum atomic E-state index is -0.335. The molecular formula is C31H30ClN3O5. The number of benzene rings is 3. The predicted molar refractivity (Wildman–Crippen MR) is 156 cm³/mol. The summed E-state index contributed by atoms with van der Waals surface area (Å²) in [6, 6.07) is 21.9. The summed E-state index contributed by atoms with van der Waals surface area (Å²) in [4.78, 5) is 29.9. The van der Waals surface area contributed by atoms with E-state index in [1.54, 1.807) is 44.6 Å². The average Bonchev–Trinajstić information content (AvgIpc) is 3.49. The van der Waals surface area contributed by atoms with Crippen LogP contribution in [0.5, 0.6) is 11.5 Å². The summed E-state index contributed by atoms with van der Waals surface area (Å²) in [7, 11) is 3.13. The Morgan fingerprint density at radius 2 is 1.52 bits per heavy atom. The van der Waals surface area contributed by atoms with Crippen molar-refractivity contribution in [3.8, 4) is 22.8 Å². The summed E-state index contributed by atoms with van der Waals surface area (Å²) >= 11 is 6.23. The summed E-state index contributed by atoms with van der Waals surface area (Å²) in [6.07, 6.45) is 0. The van der Waals surface area contributed by atoms with Gasteiger partial charge in [-0.05, 0) is 67.1 Å². The fourth-order valence-corrected chi connectivity index (χ4v) is 4.77. The third-order valence-corrected chi connectivity index (χ3v) is 7.35. The summed E-state index contributed by atoms with van der Waals surface area (Å²) in [6.45, 7) is 4.49. The molecule has 1 aliphatic rings. The molecule has 5 rings (SSSR count). The highest BCUT2D eigenvalue weighted by Crippen LogP contribution is 2.28. The Morgan fingerprint density at radius 3 is 2.15 bits per heavy atom. The van der Waals surface area contributed by atoms with Gasteiger partial charge < -0.3 is 29.0 Å². The van der Waals surface area contributed by atoms with E-state index in [4.69, 9.17) is 25.5 Å². The molecule has 9 heteroatoms. The van der Waals surface area contributed by atoms with Crippen LogP contribution < -0.4 is 19.7 Å². The van der Waals surface area contributed by atoms with Gasteiger partial charge in [0, 0.05) is 59.8 Å². The molecule has 1 N–H and O–H groups in total. The van der Waals surface area contributed by atoms with Crippen LogP contribution in [0.3, 0.4) is 0 Å². The minimum absolute atomic E-state index is 0.0542. The Labute approximate surface area is 238 Å². The van der Waals surface area contributed by atoms with Crippen molar-refractivity contribution in [3.05, 3.63) is 94.7 Å².